The summed E-state index contributed by atoms with van der Waals surface area (Å²) < 4.78 is 22.2. The minimum absolute atomic E-state index is 0.120. The van der Waals surface area contributed by atoms with E-state index in [-0.39, 0.29) is 6.61 Å². The van der Waals surface area contributed by atoms with Crippen LogP contribution in [0.2, 0.25) is 0 Å². The zero-order chi connectivity index (χ0) is 19.9. The predicted octanol–water partition coefficient (Wildman–Crippen LogP) is 3.57. The monoisotopic (exact) mass is 437 g/mol. The van der Waals surface area contributed by atoms with Gasteiger partial charge in [-0.05, 0) is 46.6 Å². The number of methoxy groups -OCH3 is 3. The molecular formula is C20H24BrNO5. The molecule has 2 aromatic rings. The summed E-state index contributed by atoms with van der Waals surface area (Å²) in [5, 5.41) is 3.24. The van der Waals surface area contributed by atoms with Gasteiger partial charge in [-0.15, -0.1) is 0 Å². The van der Waals surface area contributed by atoms with Crippen LogP contribution in [0.25, 0.3) is 0 Å². The molecule has 27 heavy (non-hydrogen) atoms. The van der Waals surface area contributed by atoms with E-state index in [1.807, 2.05) is 42.5 Å². The van der Waals surface area contributed by atoms with Crippen molar-refractivity contribution in [3.8, 4) is 17.2 Å². The second-order valence-corrected chi connectivity index (χ2v) is 6.85. The van der Waals surface area contributed by atoms with Crippen molar-refractivity contribution in [2.75, 3.05) is 27.9 Å². The van der Waals surface area contributed by atoms with Crippen LogP contribution in [0, 0.1) is 0 Å². The molecule has 0 aliphatic rings. The summed E-state index contributed by atoms with van der Waals surface area (Å²) in [6, 6.07) is 13.0. The lowest BCUT2D eigenvalue weighted by Gasteiger charge is -2.28. The Bertz CT molecular complexity index is 768. The largest absolute Gasteiger partial charge is 0.493 e. The van der Waals surface area contributed by atoms with Crippen LogP contribution in [0.1, 0.15) is 12.5 Å². The maximum absolute atomic E-state index is 12.4. The van der Waals surface area contributed by atoms with Gasteiger partial charge in [0, 0.05) is 6.54 Å². The van der Waals surface area contributed by atoms with Gasteiger partial charge in [0.15, 0.2) is 11.5 Å². The summed E-state index contributed by atoms with van der Waals surface area (Å²) in [6.07, 6.45) is 0. The molecule has 1 N–H and O–H groups in total. The van der Waals surface area contributed by atoms with Crippen molar-refractivity contribution in [1.82, 2.24) is 5.32 Å². The molecule has 7 heteroatoms. The number of nitrogens with one attached hydrogen (secondary N) is 1. The number of hydrogen-bond acceptors (Lipinski definition) is 6. The molecule has 2 rings (SSSR count). The lowest BCUT2D eigenvalue weighted by atomic mass is 10.0. The Morgan fingerprint density at radius 1 is 1.07 bits per heavy atom. The number of ether oxygens (including phenoxy) is 4. The summed E-state index contributed by atoms with van der Waals surface area (Å²) >= 11 is 3.54. The van der Waals surface area contributed by atoms with E-state index in [0.717, 1.165) is 10.0 Å². The minimum Gasteiger partial charge on any atom is -0.493 e. The molecule has 0 radical (unpaired) electrons. The van der Waals surface area contributed by atoms with Crippen molar-refractivity contribution < 1.29 is 23.7 Å². The number of carbonyl (C=O) groups is 1. The lowest BCUT2D eigenvalue weighted by molar-refractivity contribution is -0.149. The number of hydrogen-bond donors (Lipinski definition) is 1. The molecule has 6 nitrogen and oxygen atoms in total. The van der Waals surface area contributed by atoms with Gasteiger partial charge < -0.3 is 18.9 Å². The maximum atomic E-state index is 12.4. The van der Waals surface area contributed by atoms with Crippen LogP contribution < -0.4 is 19.5 Å². The van der Waals surface area contributed by atoms with Crippen molar-refractivity contribution in [1.29, 1.82) is 0 Å². The first kappa shape index (κ1) is 21.1. The zero-order valence-corrected chi connectivity index (χ0v) is 17.5. The third-order valence-electron chi connectivity index (χ3n) is 4.14. The molecule has 146 valence electrons. The van der Waals surface area contributed by atoms with Gasteiger partial charge in [0.05, 0.1) is 25.8 Å². The van der Waals surface area contributed by atoms with E-state index in [4.69, 9.17) is 18.9 Å². The average molecular weight is 438 g/mol. The lowest BCUT2D eigenvalue weighted by Crippen LogP contribution is -2.54. The highest BCUT2D eigenvalue weighted by Crippen LogP contribution is 2.37. The summed E-state index contributed by atoms with van der Waals surface area (Å²) in [6.45, 7) is 2.26. The summed E-state index contributed by atoms with van der Waals surface area (Å²) in [5.74, 6) is 1.49. The van der Waals surface area contributed by atoms with E-state index in [1.165, 1.54) is 7.11 Å². The first-order valence-corrected chi connectivity index (χ1v) is 9.15. The highest BCUT2D eigenvalue weighted by Gasteiger charge is 2.35. The third kappa shape index (κ3) is 5.14. The molecule has 0 aliphatic heterocycles. The first-order chi connectivity index (χ1) is 12.9. The Balaban J connectivity index is 2.15. The quantitative estimate of drug-likeness (QED) is 0.604. The zero-order valence-electron chi connectivity index (χ0n) is 15.9. The number of carbonyl (C=O) groups excluding carboxylic acids is 1. The van der Waals surface area contributed by atoms with Crippen molar-refractivity contribution in [2.24, 2.45) is 0 Å². The summed E-state index contributed by atoms with van der Waals surface area (Å²) in [4.78, 5) is 12.4. The van der Waals surface area contributed by atoms with Crippen LogP contribution >= 0.6 is 15.9 Å². The molecule has 0 heterocycles. The van der Waals surface area contributed by atoms with Crippen LogP contribution in [0.5, 0.6) is 17.2 Å². The van der Waals surface area contributed by atoms with E-state index < -0.39 is 11.5 Å². The fourth-order valence-electron chi connectivity index (χ4n) is 2.51. The second-order valence-electron chi connectivity index (χ2n) is 6.05. The van der Waals surface area contributed by atoms with E-state index in [9.17, 15) is 4.79 Å². The normalized spacial score (nSPS) is 12.8. The van der Waals surface area contributed by atoms with Crippen molar-refractivity contribution >= 4 is 21.9 Å². The summed E-state index contributed by atoms with van der Waals surface area (Å²) in [5.41, 5.74) is -0.125. The Kier molecular flexibility index (Phi) is 7.50. The average Bonchev–Trinajstić information content (AvgIpc) is 2.71. The van der Waals surface area contributed by atoms with Crippen molar-refractivity contribution in [3.63, 3.8) is 0 Å². The van der Waals surface area contributed by atoms with Crippen LogP contribution in [0.15, 0.2) is 46.9 Å². The molecule has 0 bridgehead atoms. The number of benzene rings is 2. The molecular weight excluding hydrogens is 414 g/mol. The van der Waals surface area contributed by atoms with Crippen LogP contribution in [-0.2, 0) is 16.1 Å². The molecule has 0 amide bonds. The third-order valence-corrected chi connectivity index (χ3v) is 5.01. The predicted molar refractivity (Wildman–Crippen MR) is 106 cm³/mol. The van der Waals surface area contributed by atoms with Crippen LogP contribution in [-0.4, -0.2) is 39.4 Å². The molecule has 0 saturated carbocycles. The van der Waals surface area contributed by atoms with Gasteiger partial charge in [0.2, 0.25) is 0 Å². The first-order valence-electron chi connectivity index (χ1n) is 8.36. The van der Waals surface area contributed by atoms with E-state index >= 15 is 0 Å². The van der Waals surface area contributed by atoms with Crippen LogP contribution in [0.3, 0.4) is 0 Å². The van der Waals surface area contributed by atoms with E-state index in [1.54, 1.807) is 21.1 Å². The van der Waals surface area contributed by atoms with Crippen molar-refractivity contribution in [2.45, 2.75) is 19.0 Å². The number of rotatable bonds is 9. The number of esters is 1. The molecule has 1 unspecified atom stereocenters. The second kappa shape index (κ2) is 9.62. The van der Waals surface area contributed by atoms with Crippen LogP contribution in [0.4, 0.5) is 0 Å². The number of halogens is 1. The minimum atomic E-state index is -1.03. The molecule has 0 aromatic heterocycles. The Labute approximate surface area is 167 Å². The van der Waals surface area contributed by atoms with Gasteiger partial charge >= 0.3 is 5.97 Å². The molecule has 0 fully saturated rings. The Morgan fingerprint density at radius 2 is 1.78 bits per heavy atom. The molecule has 0 spiro atoms. The molecule has 0 aliphatic carbocycles. The standard InChI is InChI=1S/C20H24BrNO5/c1-20(19(23)26-4,13-27-15-8-6-5-7-9-15)22-12-14-10-11-16(24-2)18(25-3)17(14)21/h5-11,22H,12-13H2,1-4H3. The van der Waals surface area contributed by atoms with Gasteiger partial charge in [0.1, 0.15) is 17.9 Å². The SMILES string of the molecule is COC(=O)C(C)(COc1ccccc1)NCc1ccc(OC)c(OC)c1Br. The fourth-order valence-corrected chi connectivity index (χ4v) is 3.14. The van der Waals surface area contributed by atoms with Gasteiger partial charge in [-0.25, -0.2) is 4.79 Å². The van der Waals surface area contributed by atoms with Gasteiger partial charge in [-0.2, -0.15) is 0 Å². The van der Waals surface area contributed by atoms with Gasteiger partial charge in [0.25, 0.3) is 0 Å². The fraction of sp³-hybridized carbons (Fsp3) is 0.350. The summed E-state index contributed by atoms with van der Waals surface area (Å²) in [7, 11) is 4.51. The maximum Gasteiger partial charge on any atom is 0.329 e. The van der Waals surface area contributed by atoms with Crippen molar-refractivity contribution in [3.05, 3.63) is 52.5 Å². The topological polar surface area (TPSA) is 66.0 Å². The van der Waals surface area contributed by atoms with E-state index in [0.29, 0.717) is 23.8 Å². The van der Waals surface area contributed by atoms with Gasteiger partial charge in [-0.1, -0.05) is 24.3 Å². The highest BCUT2D eigenvalue weighted by atomic mass is 79.9. The molecule has 2 aromatic carbocycles. The Morgan fingerprint density at radius 3 is 2.37 bits per heavy atom. The van der Waals surface area contributed by atoms with Gasteiger partial charge in [-0.3, -0.25) is 5.32 Å². The smallest absolute Gasteiger partial charge is 0.329 e. The molecule has 1 atom stereocenters. The highest BCUT2D eigenvalue weighted by molar-refractivity contribution is 9.10. The number of para-hydroxylation sites is 1. The molecule has 0 saturated heterocycles. The Hall–Kier alpha value is -2.25. The van der Waals surface area contributed by atoms with E-state index in [2.05, 4.69) is 21.2 Å².